The molecular weight excluding hydrogens is 222 g/mol. The van der Waals surface area contributed by atoms with Crippen molar-refractivity contribution in [2.75, 3.05) is 0 Å². The molecule has 1 aromatic carbocycles. The summed E-state index contributed by atoms with van der Waals surface area (Å²) in [4.78, 5) is 3.96. The fourth-order valence-electron chi connectivity index (χ4n) is 1.45. The summed E-state index contributed by atoms with van der Waals surface area (Å²) >= 11 is 6.26. The smallest absolute Gasteiger partial charge is 0.0991 e. The molecule has 0 saturated heterocycles. The van der Waals surface area contributed by atoms with Crippen LogP contribution in [0.25, 0.3) is 0 Å². The Labute approximate surface area is 98.9 Å². The number of nitrogens with zero attached hydrogens (tertiary/aromatic N) is 3. The third-order valence-corrected chi connectivity index (χ3v) is 2.72. The lowest BCUT2D eigenvalue weighted by Crippen LogP contribution is -2.02. The van der Waals surface area contributed by atoms with E-state index in [1.54, 1.807) is 24.7 Å². The Morgan fingerprint density at radius 3 is 2.69 bits per heavy atom. The van der Waals surface area contributed by atoms with E-state index in [-0.39, 0.29) is 5.38 Å². The van der Waals surface area contributed by atoms with Crippen molar-refractivity contribution in [2.24, 2.45) is 0 Å². The number of imidazole rings is 1. The van der Waals surface area contributed by atoms with Gasteiger partial charge in [-0.05, 0) is 17.7 Å². The monoisotopic (exact) mass is 231 g/mol. The van der Waals surface area contributed by atoms with Crippen molar-refractivity contribution >= 4 is 11.6 Å². The van der Waals surface area contributed by atoms with Gasteiger partial charge in [0, 0.05) is 18.9 Å². The fourth-order valence-corrected chi connectivity index (χ4v) is 1.76. The van der Waals surface area contributed by atoms with Crippen LogP contribution in [0, 0.1) is 11.3 Å². The molecular formula is C12H10ClN3. The minimum absolute atomic E-state index is 0.109. The SMILES string of the molecule is N#Cc1ccc(C(Cl)Cn2ccnc2)cc1. The minimum Gasteiger partial charge on any atom is -0.336 e. The first-order valence-electron chi connectivity index (χ1n) is 4.89. The maximum Gasteiger partial charge on any atom is 0.0991 e. The molecule has 0 radical (unpaired) electrons. The third-order valence-electron chi connectivity index (χ3n) is 2.33. The highest BCUT2D eigenvalue weighted by Gasteiger charge is 2.08. The van der Waals surface area contributed by atoms with Gasteiger partial charge in [-0.25, -0.2) is 4.98 Å². The van der Waals surface area contributed by atoms with Gasteiger partial charge in [-0.15, -0.1) is 11.6 Å². The Morgan fingerprint density at radius 1 is 1.38 bits per heavy atom. The van der Waals surface area contributed by atoms with Crippen LogP contribution in [0.4, 0.5) is 0 Å². The maximum atomic E-state index is 8.68. The van der Waals surface area contributed by atoms with Crippen molar-refractivity contribution in [2.45, 2.75) is 11.9 Å². The van der Waals surface area contributed by atoms with Gasteiger partial charge in [-0.3, -0.25) is 0 Å². The van der Waals surface area contributed by atoms with Crippen LogP contribution in [0.1, 0.15) is 16.5 Å². The van der Waals surface area contributed by atoms with E-state index in [0.717, 1.165) is 5.56 Å². The molecule has 0 bridgehead atoms. The van der Waals surface area contributed by atoms with Gasteiger partial charge >= 0.3 is 0 Å². The standard InChI is InChI=1S/C12H10ClN3/c13-12(8-16-6-5-15-9-16)11-3-1-10(7-14)2-4-11/h1-6,9,12H,8H2. The summed E-state index contributed by atoms with van der Waals surface area (Å²) in [6.07, 6.45) is 5.33. The maximum absolute atomic E-state index is 8.68. The zero-order valence-corrected chi connectivity index (χ0v) is 9.30. The van der Waals surface area contributed by atoms with Gasteiger partial charge in [-0.2, -0.15) is 5.26 Å². The van der Waals surface area contributed by atoms with Gasteiger partial charge in [0.25, 0.3) is 0 Å². The van der Waals surface area contributed by atoms with E-state index < -0.39 is 0 Å². The minimum atomic E-state index is -0.109. The molecule has 0 amide bonds. The van der Waals surface area contributed by atoms with Crippen LogP contribution in [-0.4, -0.2) is 9.55 Å². The Morgan fingerprint density at radius 2 is 2.12 bits per heavy atom. The second kappa shape index (κ2) is 4.82. The number of alkyl halides is 1. The Balaban J connectivity index is 2.09. The highest BCUT2D eigenvalue weighted by Crippen LogP contribution is 2.22. The summed E-state index contributed by atoms with van der Waals surface area (Å²) in [5.74, 6) is 0. The van der Waals surface area contributed by atoms with Crippen LogP contribution in [0.5, 0.6) is 0 Å². The lowest BCUT2D eigenvalue weighted by Gasteiger charge is -2.10. The van der Waals surface area contributed by atoms with Gasteiger partial charge in [-0.1, -0.05) is 12.1 Å². The molecule has 2 aromatic rings. The molecule has 1 unspecified atom stereocenters. The topological polar surface area (TPSA) is 41.6 Å². The molecule has 0 aliphatic heterocycles. The van der Waals surface area contributed by atoms with Gasteiger partial charge in [0.1, 0.15) is 0 Å². The van der Waals surface area contributed by atoms with Crippen LogP contribution in [0.2, 0.25) is 0 Å². The highest BCUT2D eigenvalue weighted by molar-refractivity contribution is 6.20. The van der Waals surface area contributed by atoms with Crippen LogP contribution in [-0.2, 0) is 6.54 Å². The van der Waals surface area contributed by atoms with Crippen molar-refractivity contribution < 1.29 is 0 Å². The van der Waals surface area contributed by atoms with Crippen molar-refractivity contribution in [1.82, 2.24) is 9.55 Å². The lowest BCUT2D eigenvalue weighted by molar-refractivity contribution is 0.677. The zero-order valence-electron chi connectivity index (χ0n) is 8.55. The number of nitriles is 1. The summed E-state index contributed by atoms with van der Waals surface area (Å²) in [5.41, 5.74) is 1.66. The third kappa shape index (κ3) is 2.41. The number of hydrogen-bond donors (Lipinski definition) is 0. The van der Waals surface area contributed by atoms with Crippen LogP contribution in [0.15, 0.2) is 43.0 Å². The van der Waals surface area contributed by atoms with Gasteiger partial charge in [0.2, 0.25) is 0 Å². The molecule has 0 saturated carbocycles. The van der Waals surface area contributed by atoms with E-state index >= 15 is 0 Å². The van der Waals surface area contributed by atoms with Gasteiger partial charge in [0.05, 0.1) is 23.3 Å². The first-order chi connectivity index (χ1) is 7.79. The van der Waals surface area contributed by atoms with Crippen molar-refractivity contribution in [3.63, 3.8) is 0 Å². The van der Waals surface area contributed by atoms with E-state index in [0.29, 0.717) is 12.1 Å². The van der Waals surface area contributed by atoms with Crippen LogP contribution >= 0.6 is 11.6 Å². The lowest BCUT2D eigenvalue weighted by atomic mass is 10.1. The molecule has 16 heavy (non-hydrogen) atoms. The number of halogens is 1. The predicted octanol–water partition coefficient (Wildman–Crippen LogP) is 2.73. The first kappa shape index (κ1) is 10.7. The van der Waals surface area contributed by atoms with E-state index in [2.05, 4.69) is 11.1 Å². The molecule has 3 nitrogen and oxygen atoms in total. The number of benzene rings is 1. The van der Waals surface area contributed by atoms with Crippen molar-refractivity contribution in [3.8, 4) is 6.07 Å². The second-order valence-corrected chi connectivity index (χ2v) is 3.99. The molecule has 0 aliphatic rings. The van der Waals surface area contributed by atoms with Gasteiger partial charge in [0.15, 0.2) is 0 Å². The fraction of sp³-hybridized carbons (Fsp3) is 0.167. The molecule has 0 N–H and O–H groups in total. The largest absolute Gasteiger partial charge is 0.336 e. The molecule has 1 heterocycles. The van der Waals surface area contributed by atoms with E-state index in [1.165, 1.54) is 0 Å². The van der Waals surface area contributed by atoms with E-state index in [4.69, 9.17) is 16.9 Å². The summed E-state index contributed by atoms with van der Waals surface area (Å²) in [5, 5.41) is 8.57. The average Bonchev–Trinajstić information content (AvgIpc) is 2.82. The molecule has 80 valence electrons. The van der Waals surface area contributed by atoms with Gasteiger partial charge < -0.3 is 4.57 Å². The molecule has 0 spiro atoms. The van der Waals surface area contributed by atoms with Crippen LogP contribution in [0.3, 0.4) is 0 Å². The Bertz CT molecular complexity index is 482. The molecule has 0 fully saturated rings. The molecule has 2 rings (SSSR count). The van der Waals surface area contributed by atoms with E-state index in [9.17, 15) is 0 Å². The Kier molecular flexibility index (Phi) is 3.23. The molecule has 0 aliphatic carbocycles. The summed E-state index contributed by atoms with van der Waals surface area (Å²) in [6.45, 7) is 0.674. The second-order valence-electron chi connectivity index (χ2n) is 3.46. The predicted molar refractivity (Wildman–Crippen MR) is 62.0 cm³/mol. The summed E-state index contributed by atoms with van der Waals surface area (Å²) in [7, 11) is 0. The van der Waals surface area contributed by atoms with Crippen molar-refractivity contribution in [1.29, 1.82) is 5.26 Å². The number of aromatic nitrogens is 2. The average molecular weight is 232 g/mol. The van der Waals surface area contributed by atoms with Crippen LogP contribution < -0.4 is 0 Å². The zero-order chi connectivity index (χ0) is 11.4. The molecule has 4 heteroatoms. The Hall–Kier alpha value is -1.79. The first-order valence-corrected chi connectivity index (χ1v) is 5.33. The number of hydrogen-bond acceptors (Lipinski definition) is 2. The normalized spacial score (nSPS) is 12.0. The highest BCUT2D eigenvalue weighted by atomic mass is 35.5. The quantitative estimate of drug-likeness (QED) is 0.763. The molecule has 1 atom stereocenters. The van der Waals surface area contributed by atoms with E-state index in [1.807, 2.05) is 22.9 Å². The summed E-state index contributed by atoms with van der Waals surface area (Å²) < 4.78 is 1.93. The summed E-state index contributed by atoms with van der Waals surface area (Å²) in [6, 6.07) is 9.40. The molecule has 1 aromatic heterocycles. The number of rotatable bonds is 3. The van der Waals surface area contributed by atoms with Crippen molar-refractivity contribution in [3.05, 3.63) is 54.1 Å².